The Morgan fingerprint density at radius 2 is 2.00 bits per heavy atom. The molecule has 1 saturated heterocycles. The lowest BCUT2D eigenvalue weighted by Gasteiger charge is -2.29. The van der Waals surface area contributed by atoms with Crippen LogP contribution in [0, 0.1) is 0 Å². The second-order valence-corrected chi connectivity index (χ2v) is 7.29. The molecule has 0 radical (unpaired) electrons. The number of ether oxygens (including phenoxy) is 2. The molecule has 2 rings (SSSR count). The minimum absolute atomic E-state index is 0.0401. The van der Waals surface area contributed by atoms with Crippen LogP contribution in [0.2, 0.25) is 0 Å². The number of carbonyl (C=O) groups is 1. The van der Waals surface area contributed by atoms with Crippen molar-refractivity contribution in [1.29, 1.82) is 0 Å². The van der Waals surface area contributed by atoms with E-state index in [2.05, 4.69) is 32.7 Å². The first kappa shape index (κ1) is 23.0. The lowest BCUT2D eigenvalue weighted by molar-refractivity contribution is -0.127. The lowest BCUT2D eigenvalue weighted by Crippen LogP contribution is -2.44. The number of methoxy groups -OCH3 is 2. The fraction of sp³-hybridized carbons (Fsp3) is 0.619. The first-order chi connectivity index (χ1) is 14.0. The molecule has 0 aliphatic carbocycles. The molecule has 1 aromatic rings. The zero-order chi connectivity index (χ0) is 21.1. The third kappa shape index (κ3) is 7.55. The van der Waals surface area contributed by atoms with E-state index in [1.165, 1.54) is 18.4 Å². The average Bonchev–Trinajstić information content (AvgIpc) is 3.26. The van der Waals surface area contributed by atoms with E-state index in [4.69, 9.17) is 9.47 Å². The van der Waals surface area contributed by atoms with Crippen LogP contribution in [0.15, 0.2) is 29.3 Å². The molecule has 0 bridgehead atoms. The summed E-state index contributed by atoms with van der Waals surface area (Å²) in [6.45, 7) is 4.11. The number of likely N-dealkylation sites (N-methyl/N-ethyl adjacent to an activating group) is 1. The van der Waals surface area contributed by atoms with Crippen LogP contribution >= 0.6 is 0 Å². The summed E-state index contributed by atoms with van der Waals surface area (Å²) < 4.78 is 10.5. The summed E-state index contributed by atoms with van der Waals surface area (Å²) in [5.74, 6) is 1.43. The van der Waals surface area contributed by atoms with Gasteiger partial charge >= 0.3 is 0 Å². The van der Waals surface area contributed by atoms with Gasteiger partial charge in [-0.15, -0.1) is 0 Å². The van der Waals surface area contributed by atoms with Gasteiger partial charge in [0.25, 0.3) is 0 Å². The molecule has 8 heteroatoms. The molecule has 1 aliphatic heterocycles. The number of rotatable bonds is 10. The first-order valence-electron chi connectivity index (χ1n) is 10.1. The number of benzene rings is 1. The number of hydrogen-bond donors (Lipinski definition) is 2. The van der Waals surface area contributed by atoms with E-state index in [1.54, 1.807) is 33.2 Å². The summed E-state index contributed by atoms with van der Waals surface area (Å²) in [5, 5.41) is 6.65. The molecule has 29 heavy (non-hydrogen) atoms. The zero-order valence-corrected chi connectivity index (χ0v) is 18.1. The van der Waals surface area contributed by atoms with Crippen molar-refractivity contribution in [3.05, 3.63) is 29.8 Å². The Hall–Kier alpha value is -2.32. The van der Waals surface area contributed by atoms with Crippen molar-refractivity contribution in [2.45, 2.75) is 18.9 Å². The Kier molecular flexibility index (Phi) is 9.73. The number of hydrogen-bond acceptors (Lipinski definition) is 5. The van der Waals surface area contributed by atoms with Crippen molar-refractivity contribution in [2.24, 2.45) is 4.99 Å². The SMILES string of the molecule is COCCNC(=NCC(=O)N(C)C)NCC(c1cccc(OC)c1)N1CCCC1. The molecule has 0 aromatic heterocycles. The molecule has 2 N–H and O–H groups in total. The zero-order valence-electron chi connectivity index (χ0n) is 18.1. The standard InChI is InChI=1S/C21H35N5O3/c1-25(2)20(27)16-24-21(22-10-13-28-3)23-15-19(26-11-5-6-12-26)17-8-7-9-18(14-17)29-4/h7-9,14,19H,5-6,10-13,15-16H2,1-4H3,(H2,22,23,24). The van der Waals surface area contributed by atoms with Gasteiger partial charge in [0.15, 0.2) is 5.96 Å². The minimum atomic E-state index is -0.0401. The molecular formula is C21H35N5O3. The van der Waals surface area contributed by atoms with Crippen molar-refractivity contribution >= 4 is 11.9 Å². The third-order valence-electron chi connectivity index (χ3n) is 4.99. The highest BCUT2D eigenvalue weighted by molar-refractivity contribution is 5.84. The Balaban J connectivity index is 2.10. The molecule has 1 amide bonds. The van der Waals surface area contributed by atoms with E-state index in [9.17, 15) is 4.79 Å². The smallest absolute Gasteiger partial charge is 0.243 e. The van der Waals surface area contributed by atoms with Gasteiger partial charge in [0.05, 0.1) is 19.8 Å². The largest absolute Gasteiger partial charge is 0.497 e. The van der Waals surface area contributed by atoms with Crippen LogP contribution in [0.5, 0.6) is 5.75 Å². The molecule has 162 valence electrons. The molecule has 0 saturated carbocycles. The third-order valence-corrected chi connectivity index (χ3v) is 4.99. The van der Waals surface area contributed by atoms with Crippen molar-refractivity contribution in [1.82, 2.24) is 20.4 Å². The second-order valence-electron chi connectivity index (χ2n) is 7.29. The number of amides is 1. The number of likely N-dealkylation sites (tertiary alicyclic amines) is 1. The maximum Gasteiger partial charge on any atom is 0.243 e. The van der Waals surface area contributed by atoms with E-state index in [-0.39, 0.29) is 18.5 Å². The number of aliphatic imine (C=N–C) groups is 1. The number of nitrogens with zero attached hydrogens (tertiary/aromatic N) is 3. The fourth-order valence-electron chi connectivity index (χ4n) is 3.29. The van der Waals surface area contributed by atoms with Crippen LogP contribution in [0.4, 0.5) is 0 Å². The topological polar surface area (TPSA) is 78.4 Å². The Bertz CT molecular complexity index is 659. The van der Waals surface area contributed by atoms with Crippen LogP contribution in [0.1, 0.15) is 24.4 Å². The summed E-state index contributed by atoms with van der Waals surface area (Å²) in [6.07, 6.45) is 2.43. The second kappa shape index (κ2) is 12.3. The maximum atomic E-state index is 11.9. The first-order valence-corrected chi connectivity index (χ1v) is 10.1. The van der Waals surface area contributed by atoms with Crippen LogP contribution in [-0.4, -0.2) is 89.3 Å². The van der Waals surface area contributed by atoms with Gasteiger partial charge < -0.3 is 25.0 Å². The van der Waals surface area contributed by atoms with Gasteiger partial charge in [-0.3, -0.25) is 9.69 Å². The molecule has 0 spiro atoms. The predicted octanol–water partition coefficient (Wildman–Crippen LogP) is 1.10. The molecule has 1 fully saturated rings. The summed E-state index contributed by atoms with van der Waals surface area (Å²) in [6, 6.07) is 8.42. The molecule has 8 nitrogen and oxygen atoms in total. The molecule has 1 aromatic carbocycles. The Morgan fingerprint density at radius 1 is 1.24 bits per heavy atom. The van der Waals surface area contributed by atoms with Crippen LogP contribution in [0.3, 0.4) is 0 Å². The number of nitrogens with one attached hydrogen (secondary N) is 2. The van der Waals surface area contributed by atoms with E-state index in [0.717, 1.165) is 18.8 Å². The van der Waals surface area contributed by atoms with Crippen molar-refractivity contribution in [2.75, 3.05) is 67.6 Å². The monoisotopic (exact) mass is 405 g/mol. The predicted molar refractivity (Wildman–Crippen MR) is 115 cm³/mol. The fourth-order valence-corrected chi connectivity index (χ4v) is 3.29. The molecule has 1 unspecified atom stereocenters. The molecule has 1 aliphatic rings. The quantitative estimate of drug-likeness (QED) is 0.345. The van der Waals surface area contributed by atoms with Gasteiger partial charge in [0.1, 0.15) is 12.3 Å². The van der Waals surface area contributed by atoms with E-state index < -0.39 is 0 Å². The van der Waals surface area contributed by atoms with Crippen molar-refractivity contribution in [3.8, 4) is 5.75 Å². The van der Waals surface area contributed by atoms with E-state index >= 15 is 0 Å². The molecule has 1 heterocycles. The highest BCUT2D eigenvalue weighted by Gasteiger charge is 2.24. The number of carbonyl (C=O) groups excluding carboxylic acids is 1. The van der Waals surface area contributed by atoms with Gasteiger partial charge in [-0.25, -0.2) is 4.99 Å². The van der Waals surface area contributed by atoms with Gasteiger partial charge in [0, 0.05) is 34.3 Å². The highest BCUT2D eigenvalue weighted by atomic mass is 16.5. The molecular weight excluding hydrogens is 370 g/mol. The van der Waals surface area contributed by atoms with Crippen molar-refractivity contribution < 1.29 is 14.3 Å². The van der Waals surface area contributed by atoms with E-state index in [1.807, 2.05) is 12.1 Å². The van der Waals surface area contributed by atoms with Gasteiger partial charge in [0.2, 0.25) is 5.91 Å². The van der Waals surface area contributed by atoms with Crippen LogP contribution in [0.25, 0.3) is 0 Å². The Morgan fingerprint density at radius 3 is 2.66 bits per heavy atom. The lowest BCUT2D eigenvalue weighted by atomic mass is 10.1. The summed E-state index contributed by atoms with van der Waals surface area (Å²) in [7, 11) is 6.81. The summed E-state index contributed by atoms with van der Waals surface area (Å²) in [4.78, 5) is 20.4. The summed E-state index contributed by atoms with van der Waals surface area (Å²) in [5.41, 5.74) is 1.21. The Labute approximate surface area is 174 Å². The maximum absolute atomic E-state index is 11.9. The van der Waals surface area contributed by atoms with Crippen LogP contribution < -0.4 is 15.4 Å². The van der Waals surface area contributed by atoms with Gasteiger partial charge in [-0.05, 0) is 43.6 Å². The minimum Gasteiger partial charge on any atom is -0.497 e. The summed E-state index contributed by atoms with van der Waals surface area (Å²) >= 11 is 0. The highest BCUT2D eigenvalue weighted by Crippen LogP contribution is 2.27. The normalized spacial score (nSPS) is 15.8. The van der Waals surface area contributed by atoms with E-state index in [0.29, 0.717) is 25.7 Å². The van der Waals surface area contributed by atoms with Gasteiger partial charge in [-0.2, -0.15) is 0 Å². The average molecular weight is 406 g/mol. The van der Waals surface area contributed by atoms with Crippen LogP contribution in [-0.2, 0) is 9.53 Å². The number of guanidine groups is 1. The van der Waals surface area contributed by atoms with Crippen molar-refractivity contribution in [3.63, 3.8) is 0 Å². The molecule has 1 atom stereocenters. The van der Waals surface area contributed by atoms with Gasteiger partial charge in [-0.1, -0.05) is 12.1 Å².